The molecule has 3 saturated heterocycles. The van der Waals surface area contributed by atoms with Crippen LogP contribution in [0.15, 0.2) is 5.11 Å². The molecule has 0 bridgehead atoms. The zero-order chi connectivity index (χ0) is 15.3. The average molecular weight is 301 g/mol. The molecule has 0 aromatic heterocycles. The predicted octanol–water partition coefficient (Wildman–Crippen LogP) is 0.440. The summed E-state index contributed by atoms with van der Waals surface area (Å²) >= 11 is 0. The second-order valence-electron chi connectivity index (χ2n) is 5.62. The lowest BCUT2D eigenvalue weighted by Gasteiger charge is -2.47. The van der Waals surface area contributed by atoms with Crippen molar-refractivity contribution in [3.05, 3.63) is 10.4 Å². The van der Waals surface area contributed by atoms with Gasteiger partial charge in [0.1, 0.15) is 31.5 Å². The number of nitrogens with zero attached hydrogens (tertiary/aromatic N) is 3. The van der Waals surface area contributed by atoms with Crippen LogP contribution >= 0.6 is 0 Å². The number of fused-ring (bicyclic) bond motifs is 2. The van der Waals surface area contributed by atoms with Gasteiger partial charge < -0.3 is 28.8 Å². The van der Waals surface area contributed by atoms with Crippen LogP contribution in [0.3, 0.4) is 0 Å². The van der Waals surface area contributed by atoms with Crippen molar-refractivity contribution in [1.82, 2.24) is 0 Å². The van der Waals surface area contributed by atoms with Crippen LogP contribution in [-0.4, -0.2) is 60.4 Å². The maximum absolute atomic E-state index is 11.1. The van der Waals surface area contributed by atoms with Gasteiger partial charge >= 0.3 is 6.16 Å². The van der Waals surface area contributed by atoms with Gasteiger partial charge in [-0.1, -0.05) is 5.11 Å². The average Bonchev–Trinajstić information content (AvgIpc) is 2.74. The Morgan fingerprint density at radius 3 is 2.57 bits per heavy atom. The van der Waals surface area contributed by atoms with Gasteiger partial charge in [-0.25, -0.2) is 4.79 Å². The van der Waals surface area contributed by atoms with E-state index in [1.165, 1.54) is 0 Å². The van der Waals surface area contributed by atoms with Crippen LogP contribution in [0.1, 0.15) is 13.8 Å². The Bertz CT molecular complexity index is 494. The van der Waals surface area contributed by atoms with E-state index in [1.54, 1.807) is 13.8 Å². The first kappa shape index (κ1) is 14.4. The summed E-state index contributed by atoms with van der Waals surface area (Å²) in [5.74, 6) is -0.958. The summed E-state index contributed by atoms with van der Waals surface area (Å²) in [6, 6.07) is -0.968. The second kappa shape index (κ2) is 4.72. The number of ether oxygens (including phenoxy) is 5. The smallest absolute Gasteiger partial charge is 0.431 e. The number of hydrogen-bond acceptors (Lipinski definition) is 8. The molecule has 4 atom stereocenters. The summed E-state index contributed by atoms with van der Waals surface area (Å²) in [5, 5.41) is 13.6. The fraction of sp³-hybridized carbons (Fsp3) is 0.909. The molecule has 3 fully saturated rings. The molecule has 3 aliphatic heterocycles. The minimum absolute atomic E-state index is 0.146. The van der Waals surface area contributed by atoms with E-state index in [4.69, 9.17) is 29.2 Å². The predicted molar refractivity (Wildman–Crippen MR) is 63.9 cm³/mol. The molecule has 3 heterocycles. The fourth-order valence-electron chi connectivity index (χ4n) is 2.85. The minimum Gasteiger partial charge on any atom is -0.431 e. The summed E-state index contributed by atoms with van der Waals surface area (Å²) in [5.41, 5.74) is 7.42. The third-order valence-corrected chi connectivity index (χ3v) is 3.69. The van der Waals surface area contributed by atoms with Gasteiger partial charge in [-0.2, -0.15) is 0 Å². The van der Waals surface area contributed by atoms with Gasteiger partial charge in [-0.15, -0.1) is 0 Å². The van der Waals surface area contributed by atoms with Gasteiger partial charge in [-0.3, -0.25) is 0 Å². The van der Waals surface area contributed by atoms with E-state index in [2.05, 4.69) is 10.0 Å². The fourth-order valence-corrected chi connectivity index (χ4v) is 2.85. The first-order chi connectivity index (χ1) is 9.87. The second-order valence-corrected chi connectivity index (χ2v) is 5.62. The molecular weight excluding hydrogens is 286 g/mol. The van der Waals surface area contributed by atoms with Crippen LogP contribution in [0.4, 0.5) is 4.79 Å². The van der Waals surface area contributed by atoms with Crippen molar-refractivity contribution in [2.75, 3.05) is 13.2 Å². The van der Waals surface area contributed by atoms with Gasteiger partial charge in [0.15, 0.2) is 17.7 Å². The normalized spacial score (nSPS) is 39.9. The topological polar surface area (TPSA) is 132 Å². The lowest BCUT2D eigenvalue weighted by Crippen LogP contribution is -2.67. The number of azide groups is 1. The monoisotopic (exact) mass is 301 g/mol. The van der Waals surface area contributed by atoms with E-state index in [9.17, 15) is 9.90 Å². The number of aliphatic hydroxyl groups is 1. The number of aliphatic hydroxyl groups excluding tert-OH is 1. The molecule has 3 rings (SSSR count). The molecule has 1 spiro atoms. The van der Waals surface area contributed by atoms with Crippen molar-refractivity contribution in [3.8, 4) is 0 Å². The van der Waals surface area contributed by atoms with Crippen LogP contribution in [0, 0.1) is 0 Å². The SMILES string of the molecule is CC1(C)OC2C(N=[N+]=[N-])C(O)OC3(COC(=O)OC3)C2O1. The van der Waals surface area contributed by atoms with Crippen LogP contribution in [0.2, 0.25) is 0 Å². The van der Waals surface area contributed by atoms with E-state index in [1.807, 2.05) is 0 Å². The van der Waals surface area contributed by atoms with Crippen LogP contribution in [-0.2, 0) is 23.7 Å². The highest BCUT2D eigenvalue weighted by atomic mass is 16.8. The third kappa shape index (κ3) is 2.30. The van der Waals surface area contributed by atoms with Gasteiger partial charge in [-0.05, 0) is 19.4 Å². The van der Waals surface area contributed by atoms with E-state index in [0.717, 1.165) is 0 Å². The quantitative estimate of drug-likeness (QED) is 0.321. The molecule has 0 radical (unpaired) electrons. The lowest BCUT2D eigenvalue weighted by atomic mass is 9.86. The zero-order valence-electron chi connectivity index (χ0n) is 11.5. The van der Waals surface area contributed by atoms with Gasteiger partial charge in [0.2, 0.25) is 0 Å². The molecule has 0 aliphatic carbocycles. The van der Waals surface area contributed by atoms with Crippen LogP contribution < -0.4 is 0 Å². The molecule has 10 heteroatoms. The van der Waals surface area contributed by atoms with Crippen molar-refractivity contribution in [2.24, 2.45) is 5.11 Å². The Hall–Kier alpha value is -1.58. The Labute approximate surface area is 119 Å². The molecular formula is C11H15N3O7. The van der Waals surface area contributed by atoms with Crippen molar-refractivity contribution >= 4 is 6.16 Å². The minimum atomic E-state index is -1.42. The van der Waals surface area contributed by atoms with E-state index >= 15 is 0 Å². The Kier molecular flexibility index (Phi) is 3.23. The molecule has 10 nitrogen and oxygen atoms in total. The third-order valence-electron chi connectivity index (χ3n) is 3.69. The van der Waals surface area contributed by atoms with Crippen molar-refractivity contribution in [2.45, 2.75) is 49.8 Å². The molecule has 0 saturated carbocycles. The molecule has 116 valence electrons. The molecule has 4 unspecified atom stereocenters. The number of rotatable bonds is 1. The Morgan fingerprint density at radius 1 is 1.29 bits per heavy atom. The molecule has 21 heavy (non-hydrogen) atoms. The first-order valence-corrected chi connectivity index (χ1v) is 6.42. The van der Waals surface area contributed by atoms with Crippen molar-refractivity contribution < 1.29 is 33.6 Å². The highest BCUT2D eigenvalue weighted by Crippen LogP contribution is 2.44. The van der Waals surface area contributed by atoms with E-state index in [0.29, 0.717) is 0 Å². The Morgan fingerprint density at radius 2 is 1.95 bits per heavy atom. The summed E-state index contributed by atoms with van der Waals surface area (Å²) in [6.45, 7) is 3.08. The molecule has 0 amide bonds. The summed E-state index contributed by atoms with van der Waals surface area (Å²) < 4.78 is 26.7. The largest absolute Gasteiger partial charge is 0.508 e. The number of cyclic esters (lactones) is 2. The van der Waals surface area contributed by atoms with E-state index in [-0.39, 0.29) is 13.2 Å². The Balaban J connectivity index is 1.94. The molecule has 0 aromatic carbocycles. The highest BCUT2D eigenvalue weighted by Gasteiger charge is 2.63. The summed E-state index contributed by atoms with van der Waals surface area (Å²) in [4.78, 5) is 13.8. The van der Waals surface area contributed by atoms with Gasteiger partial charge in [0.25, 0.3) is 0 Å². The number of carbonyl (C=O) groups excluding carboxylic acids is 1. The highest BCUT2D eigenvalue weighted by molar-refractivity contribution is 5.61. The van der Waals surface area contributed by atoms with Crippen LogP contribution in [0.5, 0.6) is 0 Å². The zero-order valence-corrected chi connectivity index (χ0v) is 11.5. The van der Waals surface area contributed by atoms with Gasteiger partial charge in [0, 0.05) is 4.91 Å². The maximum atomic E-state index is 11.1. The standard InChI is InChI=1S/C11H15N3O7/c1-10(2)19-6-5(13-14-12)8(15)21-11(7(6)20-10)3-17-9(16)18-4-11/h5-8,15H,3-4H2,1-2H3. The molecule has 0 aromatic rings. The van der Waals surface area contributed by atoms with Crippen molar-refractivity contribution in [3.63, 3.8) is 0 Å². The van der Waals surface area contributed by atoms with Gasteiger partial charge in [0.05, 0.1) is 0 Å². The van der Waals surface area contributed by atoms with Crippen molar-refractivity contribution in [1.29, 1.82) is 0 Å². The lowest BCUT2D eigenvalue weighted by molar-refractivity contribution is -0.299. The number of carbonyl (C=O) groups is 1. The molecule has 1 N–H and O–H groups in total. The molecule has 3 aliphatic rings. The maximum Gasteiger partial charge on any atom is 0.508 e. The summed E-state index contributed by atoms with van der Waals surface area (Å²) in [7, 11) is 0. The number of hydrogen-bond donors (Lipinski definition) is 1. The first-order valence-electron chi connectivity index (χ1n) is 6.42. The van der Waals surface area contributed by atoms with E-state index < -0.39 is 42.1 Å². The summed E-state index contributed by atoms with van der Waals surface area (Å²) in [6.07, 6.45) is -3.68. The van der Waals surface area contributed by atoms with Crippen LogP contribution in [0.25, 0.3) is 10.4 Å².